The molecule has 0 radical (unpaired) electrons. The van der Waals surface area contributed by atoms with Crippen LogP contribution in [0, 0.1) is 0 Å². The van der Waals surface area contributed by atoms with E-state index in [-0.39, 0.29) is 0 Å². The maximum atomic E-state index is 4.47. The topological polar surface area (TPSA) is 42.7 Å². The molecule has 0 fully saturated rings. The van der Waals surface area contributed by atoms with Crippen molar-refractivity contribution in [3.8, 4) is 0 Å². The second-order valence-electron chi connectivity index (χ2n) is 5.22. The van der Waals surface area contributed by atoms with Crippen LogP contribution in [0.4, 0.5) is 0 Å². The Hall–Kier alpha value is -0.900. The van der Waals surface area contributed by atoms with E-state index in [1.807, 2.05) is 11.0 Å². The molecule has 0 aliphatic heterocycles. The summed E-state index contributed by atoms with van der Waals surface area (Å²) >= 11 is 0. The van der Waals surface area contributed by atoms with Gasteiger partial charge in [-0.3, -0.25) is 4.68 Å². The molecule has 4 heteroatoms. The highest BCUT2D eigenvalue weighted by molar-refractivity contribution is 4.80. The summed E-state index contributed by atoms with van der Waals surface area (Å²) in [6, 6.07) is 0. The summed E-state index contributed by atoms with van der Waals surface area (Å²) in [5, 5.41) is 7.79. The van der Waals surface area contributed by atoms with Crippen LogP contribution in [0.1, 0.15) is 71.0 Å². The Balaban J connectivity index is 2.03. The van der Waals surface area contributed by atoms with Crippen molar-refractivity contribution in [1.29, 1.82) is 0 Å². The average Bonchev–Trinajstić information content (AvgIpc) is 2.86. The van der Waals surface area contributed by atoms with Gasteiger partial charge in [0.05, 0.1) is 6.54 Å². The van der Waals surface area contributed by atoms with E-state index in [4.69, 9.17) is 0 Å². The molecule has 0 saturated heterocycles. The zero-order chi connectivity index (χ0) is 13.8. The maximum Gasteiger partial charge on any atom is 0.164 e. The van der Waals surface area contributed by atoms with E-state index in [2.05, 4.69) is 29.2 Å². The van der Waals surface area contributed by atoms with Gasteiger partial charge in [0.1, 0.15) is 6.33 Å². The first-order valence-electron chi connectivity index (χ1n) is 7.95. The lowest BCUT2D eigenvalue weighted by atomic mass is 10.1. The van der Waals surface area contributed by atoms with Crippen LogP contribution in [0.5, 0.6) is 0 Å². The number of rotatable bonds is 12. The van der Waals surface area contributed by atoms with Gasteiger partial charge in [-0.1, -0.05) is 52.4 Å². The van der Waals surface area contributed by atoms with Gasteiger partial charge in [-0.15, -0.1) is 0 Å². The summed E-state index contributed by atoms with van der Waals surface area (Å²) in [5.41, 5.74) is 0. The van der Waals surface area contributed by atoms with Crippen LogP contribution >= 0.6 is 0 Å². The van der Waals surface area contributed by atoms with Crippen molar-refractivity contribution < 1.29 is 0 Å². The summed E-state index contributed by atoms with van der Waals surface area (Å²) < 4.78 is 1.98. The average molecular weight is 266 g/mol. The second kappa shape index (κ2) is 11.0. The van der Waals surface area contributed by atoms with Crippen molar-refractivity contribution in [2.24, 2.45) is 0 Å². The van der Waals surface area contributed by atoms with Crippen molar-refractivity contribution in [2.75, 3.05) is 6.54 Å². The summed E-state index contributed by atoms with van der Waals surface area (Å²) in [5.74, 6) is 0.913. The van der Waals surface area contributed by atoms with E-state index in [1.165, 1.54) is 44.9 Å². The van der Waals surface area contributed by atoms with Crippen molar-refractivity contribution in [1.82, 2.24) is 20.1 Å². The fraction of sp³-hybridized carbons (Fsp3) is 0.867. The summed E-state index contributed by atoms with van der Waals surface area (Å²) in [6.07, 6.45) is 12.4. The maximum absolute atomic E-state index is 4.47. The standard InChI is InChI=1S/C15H30N4/c1-3-5-6-7-8-9-10-12-19-14-17-15(18-19)13-16-11-4-2/h14,16H,3-13H2,1-2H3. The third kappa shape index (κ3) is 7.98. The zero-order valence-electron chi connectivity index (χ0n) is 12.7. The van der Waals surface area contributed by atoms with Crippen molar-refractivity contribution in [2.45, 2.75) is 78.3 Å². The molecule has 0 bridgehead atoms. The van der Waals surface area contributed by atoms with Gasteiger partial charge in [-0.05, 0) is 19.4 Å². The van der Waals surface area contributed by atoms with Crippen LogP contribution in [0.3, 0.4) is 0 Å². The molecule has 1 rings (SSSR count). The second-order valence-corrected chi connectivity index (χ2v) is 5.22. The van der Waals surface area contributed by atoms with Gasteiger partial charge in [0.2, 0.25) is 0 Å². The highest BCUT2D eigenvalue weighted by Gasteiger charge is 2.00. The van der Waals surface area contributed by atoms with Gasteiger partial charge in [-0.25, -0.2) is 4.98 Å². The first-order chi connectivity index (χ1) is 9.36. The molecular weight excluding hydrogens is 236 g/mol. The Morgan fingerprint density at radius 3 is 2.47 bits per heavy atom. The van der Waals surface area contributed by atoms with E-state index >= 15 is 0 Å². The lowest BCUT2D eigenvalue weighted by molar-refractivity contribution is 0.517. The molecular formula is C15H30N4. The predicted octanol–water partition coefficient (Wildman–Crippen LogP) is 3.53. The highest BCUT2D eigenvalue weighted by Crippen LogP contribution is 2.07. The van der Waals surface area contributed by atoms with Crippen LogP contribution in [0.2, 0.25) is 0 Å². The van der Waals surface area contributed by atoms with E-state index < -0.39 is 0 Å². The fourth-order valence-corrected chi connectivity index (χ4v) is 2.13. The number of nitrogens with one attached hydrogen (secondary N) is 1. The number of hydrogen-bond donors (Lipinski definition) is 1. The minimum Gasteiger partial charge on any atom is -0.310 e. The van der Waals surface area contributed by atoms with Gasteiger partial charge in [0, 0.05) is 6.54 Å². The lowest BCUT2D eigenvalue weighted by Crippen LogP contribution is -2.15. The van der Waals surface area contributed by atoms with E-state index in [0.29, 0.717) is 0 Å². The van der Waals surface area contributed by atoms with Crippen LogP contribution in [0.15, 0.2) is 6.33 Å². The van der Waals surface area contributed by atoms with Gasteiger partial charge >= 0.3 is 0 Å². The number of nitrogens with zero attached hydrogens (tertiary/aromatic N) is 3. The number of hydrogen-bond acceptors (Lipinski definition) is 3. The molecule has 110 valence electrons. The third-order valence-electron chi connectivity index (χ3n) is 3.28. The van der Waals surface area contributed by atoms with Crippen LogP contribution < -0.4 is 5.32 Å². The highest BCUT2D eigenvalue weighted by atomic mass is 15.3. The molecule has 4 nitrogen and oxygen atoms in total. The van der Waals surface area contributed by atoms with Gasteiger partial charge in [-0.2, -0.15) is 5.10 Å². The summed E-state index contributed by atoms with van der Waals surface area (Å²) in [4.78, 5) is 4.32. The fourth-order valence-electron chi connectivity index (χ4n) is 2.13. The van der Waals surface area contributed by atoms with Crippen LogP contribution in [0.25, 0.3) is 0 Å². The Kier molecular flexibility index (Phi) is 9.33. The molecule has 1 N–H and O–H groups in total. The van der Waals surface area contributed by atoms with Crippen molar-refractivity contribution >= 4 is 0 Å². The molecule has 1 heterocycles. The molecule has 0 unspecified atom stereocenters. The summed E-state index contributed by atoms with van der Waals surface area (Å²) in [7, 11) is 0. The van der Waals surface area contributed by atoms with Crippen LogP contribution in [-0.4, -0.2) is 21.3 Å². The molecule has 0 aliphatic rings. The van der Waals surface area contributed by atoms with Gasteiger partial charge in [0.15, 0.2) is 5.82 Å². The third-order valence-corrected chi connectivity index (χ3v) is 3.28. The molecule has 0 spiro atoms. The van der Waals surface area contributed by atoms with Crippen LogP contribution in [-0.2, 0) is 13.1 Å². The Bertz CT molecular complexity index is 309. The molecule has 0 atom stereocenters. The molecule has 0 amide bonds. The minimum atomic E-state index is 0.790. The number of aromatic nitrogens is 3. The lowest BCUT2D eigenvalue weighted by Gasteiger charge is -2.01. The van der Waals surface area contributed by atoms with Crippen molar-refractivity contribution in [3.63, 3.8) is 0 Å². The molecule has 1 aromatic heterocycles. The number of aryl methyl sites for hydroxylation is 1. The smallest absolute Gasteiger partial charge is 0.164 e. The van der Waals surface area contributed by atoms with Gasteiger partial charge < -0.3 is 5.32 Å². The van der Waals surface area contributed by atoms with Crippen molar-refractivity contribution in [3.05, 3.63) is 12.2 Å². The monoisotopic (exact) mass is 266 g/mol. The normalized spacial score (nSPS) is 11.1. The summed E-state index contributed by atoms with van der Waals surface area (Å²) in [6.45, 7) is 7.26. The first kappa shape index (κ1) is 16.2. The number of unbranched alkanes of at least 4 members (excludes halogenated alkanes) is 6. The first-order valence-corrected chi connectivity index (χ1v) is 7.95. The molecule has 0 saturated carbocycles. The Labute approximate surface area is 118 Å². The van der Waals surface area contributed by atoms with E-state index in [0.717, 1.165) is 31.9 Å². The van der Waals surface area contributed by atoms with E-state index in [9.17, 15) is 0 Å². The molecule has 0 aliphatic carbocycles. The van der Waals surface area contributed by atoms with Gasteiger partial charge in [0.25, 0.3) is 0 Å². The Morgan fingerprint density at radius 1 is 1.00 bits per heavy atom. The predicted molar refractivity (Wildman–Crippen MR) is 80.0 cm³/mol. The molecule has 0 aromatic carbocycles. The quantitative estimate of drug-likeness (QED) is 0.589. The SMILES string of the molecule is CCCCCCCCCn1cnc(CNCCC)n1. The molecule has 1 aromatic rings. The van der Waals surface area contributed by atoms with E-state index in [1.54, 1.807) is 0 Å². The minimum absolute atomic E-state index is 0.790. The largest absolute Gasteiger partial charge is 0.310 e. The zero-order valence-corrected chi connectivity index (χ0v) is 12.7. The Morgan fingerprint density at radius 2 is 1.74 bits per heavy atom. The molecule has 19 heavy (non-hydrogen) atoms.